The van der Waals surface area contributed by atoms with Crippen molar-refractivity contribution < 1.29 is 41.5 Å². The maximum atomic E-state index is 12.7. The molecule has 1 amide bonds. The first-order chi connectivity index (χ1) is 28.8. The predicted octanol–water partition coefficient (Wildman–Crippen LogP) is 8.71. The Morgan fingerprint density at radius 1 is 0.806 bits per heavy atom. The topological polar surface area (TPSA) is 134 Å². The van der Waals surface area contributed by atoms with Gasteiger partial charge >= 0.3 is 0 Å². The lowest BCUT2D eigenvalue weighted by atomic mass is 9.68. The van der Waals surface area contributed by atoms with Crippen LogP contribution in [0.1, 0.15) is 91.5 Å². The van der Waals surface area contributed by atoms with Gasteiger partial charge in [0.1, 0.15) is 30.9 Å². The van der Waals surface area contributed by atoms with Crippen molar-refractivity contribution in [2.24, 2.45) is 5.92 Å². The molecule has 10 nitrogen and oxygen atoms in total. The zero-order chi connectivity index (χ0) is 46.5. The highest BCUT2D eigenvalue weighted by molar-refractivity contribution is 7.86. The molecule has 12 heteroatoms. The minimum atomic E-state index is -3.28. The van der Waals surface area contributed by atoms with Crippen molar-refractivity contribution in [3.63, 3.8) is 0 Å². The zero-order valence-electron chi connectivity index (χ0n) is 38.5. The maximum Gasteiger partial charge on any atom is 0.264 e. The van der Waals surface area contributed by atoms with Gasteiger partial charge in [0.2, 0.25) is 5.91 Å². The summed E-state index contributed by atoms with van der Waals surface area (Å²) in [6.07, 6.45) is 1.17. The van der Waals surface area contributed by atoms with Crippen LogP contribution in [0.4, 0.5) is 4.39 Å². The summed E-state index contributed by atoms with van der Waals surface area (Å²) in [5.41, 5.74) is 6.10. The van der Waals surface area contributed by atoms with Crippen LogP contribution in [0.25, 0.3) is 11.1 Å². The fourth-order valence-electron chi connectivity index (χ4n) is 6.75. The van der Waals surface area contributed by atoms with E-state index in [-0.39, 0.29) is 30.6 Å². The number of hydrogen-bond acceptors (Lipinski definition) is 9. The highest BCUT2D eigenvalue weighted by Gasteiger charge is 2.46. The number of rotatable bonds is 12. The molecule has 0 aromatic heterocycles. The van der Waals surface area contributed by atoms with Crippen LogP contribution < -0.4 is 14.8 Å². The summed E-state index contributed by atoms with van der Waals surface area (Å²) in [5.74, 6) is 1.27. The highest BCUT2D eigenvalue weighted by Crippen LogP contribution is 2.56. The van der Waals surface area contributed by atoms with Gasteiger partial charge in [-0.2, -0.15) is 8.42 Å². The van der Waals surface area contributed by atoms with Gasteiger partial charge in [0.25, 0.3) is 10.1 Å². The van der Waals surface area contributed by atoms with E-state index in [2.05, 4.69) is 102 Å². The molecule has 2 aliphatic rings. The van der Waals surface area contributed by atoms with Gasteiger partial charge in [-0.3, -0.25) is 13.9 Å². The number of benzene rings is 4. The van der Waals surface area contributed by atoms with Crippen molar-refractivity contribution >= 4 is 16.0 Å². The van der Waals surface area contributed by atoms with Crippen LogP contribution >= 0.6 is 0 Å². The zero-order valence-corrected chi connectivity index (χ0v) is 39.3. The molecule has 0 bridgehead atoms. The Hall–Kier alpha value is -4.59. The number of nitrogens with zero attached hydrogens (tertiary/aromatic N) is 1. The van der Waals surface area contributed by atoms with E-state index in [1.54, 1.807) is 20.8 Å². The molecule has 1 aliphatic carbocycles. The standard InChI is InChI=1S/C32H31FO4.C7H13NO.C6H13N.C5H12O3S/c1-22(19-34)20-36-26-14-10-23(11-15-26)32(24-12-16-27(17-13-24)37-21-25(35)18-33)30-8-4-2-6-28(30)29-7-3-5-9-31(29)32;1-5-6(9)8-7(2,3)4;1-6(2,3)7-4-5-7;1-5(2,3)8-9(4,6)7/h2-17,22,25,34-35H,18-21H2,1H3;5H,1H2,2-4H3,(H,8,9);4-5H2,1-3H3;1-4H3. The lowest BCUT2D eigenvalue weighted by molar-refractivity contribution is -0.117. The van der Waals surface area contributed by atoms with Gasteiger partial charge in [-0.25, -0.2) is 4.39 Å². The number of aliphatic hydroxyl groups excluding tert-OH is 2. The second kappa shape index (κ2) is 22.2. The number of halogens is 1. The monoisotopic (exact) mass is 876 g/mol. The van der Waals surface area contributed by atoms with Gasteiger partial charge in [0, 0.05) is 36.7 Å². The van der Waals surface area contributed by atoms with E-state index < -0.39 is 33.9 Å². The average molecular weight is 877 g/mol. The molecular formula is C50H69FN2O8S. The molecule has 1 fully saturated rings. The molecule has 1 aliphatic heterocycles. The second-order valence-electron chi connectivity index (χ2n) is 18.6. The Bertz CT molecular complexity index is 2030. The van der Waals surface area contributed by atoms with Gasteiger partial charge in [-0.15, -0.1) is 0 Å². The number of carbonyl (C=O) groups excluding carboxylic acids is 1. The molecule has 3 N–H and O–H groups in total. The van der Waals surface area contributed by atoms with Gasteiger partial charge in [0.15, 0.2) is 0 Å². The van der Waals surface area contributed by atoms with E-state index in [0.717, 1.165) is 23.1 Å². The number of fused-ring (bicyclic) bond motifs is 3. The number of nitrogens with one attached hydrogen (secondary N) is 1. The number of amides is 1. The van der Waals surface area contributed by atoms with E-state index in [9.17, 15) is 27.8 Å². The predicted molar refractivity (Wildman–Crippen MR) is 248 cm³/mol. The molecule has 0 saturated carbocycles. The Morgan fingerprint density at radius 3 is 1.53 bits per heavy atom. The van der Waals surface area contributed by atoms with Crippen molar-refractivity contribution in [3.8, 4) is 22.6 Å². The molecule has 4 aromatic rings. The van der Waals surface area contributed by atoms with Crippen molar-refractivity contribution in [1.82, 2.24) is 10.2 Å². The van der Waals surface area contributed by atoms with E-state index >= 15 is 0 Å². The van der Waals surface area contributed by atoms with Crippen LogP contribution in [0.2, 0.25) is 0 Å². The summed E-state index contributed by atoms with van der Waals surface area (Å²) in [5, 5.41) is 21.6. The molecule has 4 aromatic carbocycles. The van der Waals surface area contributed by atoms with E-state index in [0.29, 0.717) is 17.9 Å². The molecule has 0 spiro atoms. The van der Waals surface area contributed by atoms with Gasteiger partial charge < -0.3 is 25.0 Å². The molecule has 1 heterocycles. The van der Waals surface area contributed by atoms with Crippen LogP contribution in [0.5, 0.6) is 11.5 Å². The molecule has 340 valence electrons. The number of alkyl halides is 1. The number of carbonyl (C=O) groups is 1. The highest BCUT2D eigenvalue weighted by atomic mass is 32.2. The third-order valence-corrected chi connectivity index (χ3v) is 10.3. The van der Waals surface area contributed by atoms with Crippen molar-refractivity contribution in [1.29, 1.82) is 0 Å². The van der Waals surface area contributed by atoms with Crippen LogP contribution in [0.15, 0.2) is 110 Å². The molecule has 6 rings (SSSR count). The lowest BCUT2D eigenvalue weighted by Gasteiger charge is -2.34. The summed E-state index contributed by atoms with van der Waals surface area (Å²) >= 11 is 0. The summed E-state index contributed by atoms with van der Waals surface area (Å²) in [7, 11) is -3.28. The molecule has 62 heavy (non-hydrogen) atoms. The quantitative estimate of drug-likeness (QED) is 0.0640. The van der Waals surface area contributed by atoms with E-state index in [1.807, 2.05) is 64.1 Å². The minimum Gasteiger partial charge on any atom is -0.493 e. The van der Waals surface area contributed by atoms with E-state index in [4.69, 9.17) is 9.47 Å². The van der Waals surface area contributed by atoms with Crippen molar-refractivity contribution in [3.05, 3.63) is 132 Å². The fraction of sp³-hybridized carbons (Fsp3) is 0.460. The largest absolute Gasteiger partial charge is 0.493 e. The normalized spacial score (nSPS) is 15.0. The van der Waals surface area contributed by atoms with Crippen LogP contribution in [-0.4, -0.2) is 98.1 Å². The second-order valence-corrected chi connectivity index (χ2v) is 20.2. The van der Waals surface area contributed by atoms with Gasteiger partial charge in [-0.1, -0.05) is 86.3 Å². The number of hydrogen-bond donors (Lipinski definition) is 3. The Kier molecular flexibility index (Phi) is 18.5. The molecule has 0 radical (unpaired) electrons. The van der Waals surface area contributed by atoms with Crippen LogP contribution in [-0.2, 0) is 24.5 Å². The van der Waals surface area contributed by atoms with Gasteiger partial charge in [0.05, 0.1) is 23.9 Å². The van der Waals surface area contributed by atoms with Crippen LogP contribution in [0, 0.1) is 5.92 Å². The van der Waals surface area contributed by atoms with Crippen LogP contribution in [0.3, 0.4) is 0 Å². The minimum absolute atomic E-state index is 0.0614. The molecule has 2 unspecified atom stereocenters. The first-order valence-corrected chi connectivity index (χ1v) is 22.8. The van der Waals surface area contributed by atoms with Crippen molar-refractivity contribution in [2.75, 3.05) is 45.8 Å². The smallest absolute Gasteiger partial charge is 0.264 e. The number of aliphatic hydroxyl groups is 2. The summed E-state index contributed by atoms with van der Waals surface area (Å²) in [4.78, 5) is 13.0. The summed E-state index contributed by atoms with van der Waals surface area (Å²) in [6.45, 7) is 25.1. The fourth-order valence-corrected chi connectivity index (χ4v) is 7.66. The first kappa shape index (κ1) is 51.8. The molecule has 1 saturated heterocycles. The Labute approximate surface area is 370 Å². The lowest BCUT2D eigenvalue weighted by Crippen LogP contribution is -2.39. The Balaban J connectivity index is 0.000000331. The first-order valence-electron chi connectivity index (χ1n) is 21.0. The number of ether oxygens (including phenoxy) is 2. The Morgan fingerprint density at radius 2 is 1.24 bits per heavy atom. The van der Waals surface area contributed by atoms with Gasteiger partial charge in [-0.05, 0) is 126 Å². The third-order valence-electron chi connectivity index (χ3n) is 9.47. The molecule has 2 atom stereocenters. The van der Waals surface area contributed by atoms with Crippen molar-refractivity contribution in [2.45, 2.75) is 97.4 Å². The maximum absolute atomic E-state index is 12.7. The average Bonchev–Trinajstić information content (AvgIpc) is 4.02. The summed E-state index contributed by atoms with van der Waals surface area (Å²) < 4.78 is 49.6. The molecular weight excluding hydrogens is 808 g/mol. The van der Waals surface area contributed by atoms with E-state index in [1.165, 1.54) is 41.4 Å². The SMILES string of the molecule is C=CC(=O)NC(C)(C)C.CC(C)(C)N1CC1.CC(C)(C)OS(C)(=O)=O.CC(CO)COc1ccc(C2(c3ccc(OCC(O)CF)cc3)c3ccccc3-c3ccccc32)cc1. The summed E-state index contributed by atoms with van der Waals surface area (Å²) in [6, 6.07) is 33.0. The third kappa shape index (κ3) is 16.0.